The number of aliphatic hydroxyl groups is 1. The van der Waals surface area contributed by atoms with E-state index in [2.05, 4.69) is 25.8 Å². The number of halogens is 1. The van der Waals surface area contributed by atoms with Gasteiger partial charge in [0.25, 0.3) is 0 Å². The number of nitrogens with one attached hydrogen (secondary N) is 3. The molecule has 0 radical (unpaired) electrons. The number of morpholine rings is 1. The van der Waals surface area contributed by atoms with Gasteiger partial charge in [-0.3, -0.25) is 9.69 Å². The van der Waals surface area contributed by atoms with Crippen LogP contribution in [0.4, 0.5) is 0 Å². The van der Waals surface area contributed by atoms with Gasteiger partial charge in [0.15, 0.2) is 5.96 Å². The minimum absolute atomic E-state index is 0. The third-order valence-electron chi connectivity index (χ3n) is 3.60. The average Bonchev–Trinajstić information content (AvgIpc) is 2.56. The first-order valence-electron chi connectivity index (χ1n) is 8.78. The Labute approximate surface area is 168 Å². The lowest BCUT2D eigenvalue weighted by atomic mass is 10.1. The fourth-order valence-corrected chi connectivity index (χ4v) is 2.38. The Balaban J connectivity index is 0.00000576. The van der Waals surface area contributed by atoms with Gasteiger partial charge in [-0.2, -0.15) is 0 Å². The molecule has 1 amide bonds. The third-order valence-corrected chi connectivity index (χ3v) is 3.60. The van der Waals surface area contributed by atoms with Crippen LogP contribution in [0.2, 0.25) is 0 Å². The van der Waals surface area contributed by atoms with Gasteiger partial charge >= 0.3 is 0 Å². The number of β-amino-alcohol motifs (C(OH)–C–C–N with tert-alkyl or cyclic N) is 1. The topological polar surface area (TPSA) is 98.2 Å². The molecule has 4 N–H and O–H groups in total. The number of guanidine groups is 1. The van der Waals surface area contributed by atoms with Gasteiger partial charge in [0.2, 0.25) is 5.91 Å². The van der Waals surface area contributed by atoms with E-state index in [1.54, 1.807) is 6.92 Å². The van der Waals surface area contributed by atoms with Gasteiger partial charge in [0.05, 0.1) is 18.8 Å². The maximum absolute atomic E-state index is 11.6. The van der Waals surface area contributed by atoms with Crippen LogP contribution in [0.3, 0.4) is 0 Å². The van der Waals surface area contributed by atoms with Crippen LogP contribution in [0.1, 0.15) is 27.2 Å². The lowest BCUT2D eigenvalue weighted by Gasteiger charge is -2.34. The maximum atomic E-state index is 11.6. The lowest BCUT2D eigenvalue weighted by Crippen LogP contribution is -2.53. The van der Waals surface area contributed by atoms with Gasteiger partial charge < -0.3 is 25.8 Å². The number of hydrogen-bond acceptors (Lipinski definition) is 5. The van der Waals surface area contributed by atoms with Crippen LogP contribution in [0.25, 0.3) is 0 Å². The van der Waals surface area contributed by atoms with E-state index in [1.807, 2.05) is 13.8 Å². The summed E-state index contributed by atoms with van der Waals surface area (Å²) in [5.41, 5.74) is -0.891. The van der Waals surface area contributed by atoms with Crippen molar-refractivity contribution < 1.29 is 14.6 Å². The van der Waals surface area contributed by atoms with E-state index < -0.39 is 5.60 Å². The molecule has 1 aliphatic rings. The summed E-state index contributed by atoms with van der Waals surface area (Å²) >= 11 is 0. The van der Waals surface area contributed by atoms with Crippen LogP contribution in [0.15, 0.2) is 4.99 Å². The monoisotopic (exact) mass is 471 g/mol. The molecule has 0 spiro atoms. The Morgan fingerprint density at radius 3 is 2.52 bits per heavy atom. The van der Waals surface area contributed by atoms with Crippen LogP contribution in [-0.2, 0) is 9.53 Å². The van der Waals surface area contributed by atoms with Crippen molar-refractivity contribution in [3.63, 3.8) is 0 Å². The number of hydrogen-bond donors (Lipinski definition) is 4. The first kappa shape index (κ1) is 24.4. The molecule has 0 aromatic rings. The second-order valence-electron chi connectivity index (χ2n) is 6.28. The molecule has 8 nitrogen and oxygen atoms in total. The molecule has 0 bridgehead atoms. The molecule has 1 unspecified atom stereocenters. The minimum atomic E-state index is -0.891. The van der Waals surface area contributed by atoms with Crippen molar-refractivity contribution in [1.29, 1.82) is 0 Å². The molecule has 0 saturated carbocycles. The van der Waals surface area contributed by atoms with E-state index >= 15 is 0 Å². The number of ether oxygens (including phenoxy) is 1. The van der Waals surface area contributed by atoms with Crippen molar-refractivity contribution in [3.05, 3.63) is 0 Å². The predicted molar refractivity (Wildman–Crippen MR) is 111 cm³/mol. The van der Waals surface area contributed by atoms with Crippen LogP contribution >= 0.6 is 24.0 Å². The van der Waals surface area contributed by atoms with Gasteiger partial charge in [0.1, 0.15) is 6.54 Å². The highest BCUT2D eigenvalue weighted by Gasteiger charge is 2.25. The van der Waals surface area contributed by atoms with Crippen molar-refractivity contribution in [1.82, 2.24) is 20.9 Å². The third kappa shape index (κ3) is 11.6. The fraction of sp³-hybridized carbons (Fsp3) is 0.875. The van der Waals surface area contributed by atoms with E-state index in [-0.39, 0.29) is 36.4 Å². The average molecular weight is 471 g/mol. The van der Waals surface area contributed by atoms with Crippen molar-refractivity contribution in [2.24, 2.45) is 4.99 Å². The molecule has 1 saturated heterocycles. The molecular weight excluding hydrogens is 437 g/mol. The van der Waals surface area contributed by atoms with Gasteiger partial charge in [-0.1, -0.05) is 6.92 Å². The Kier molecular flexibility index (Phi) is 13.2. The molecule has 1 atom stereocenters. The molecule has 1 heterocycles. The summed E-state index contributed by atoms with van der Waals surface area (Å²) in [6, 6.07) is 0. The highest BCUT2D eigenvalue weighted by Crippen LogP contribution is 2.07. The fourth-order valence-electron chi connectivity index (χ4n) is 2.38. The smallest absolute Gasteiger partial charge is 0.241 e. The molecule has 1 fully saturated rings. The zero-order valence-corrected chi connectivity index (χ0v) is 18.0. The van der Waals surface area contributed by atoms with Crippen molar-refractivity contribution in [3.8, 4) is 0 Å². The minimum Gasteiger partial charge on any atom is -0.387 e. The molecule has 1 aliphatic heterocycles. The summed E-state index contributed by atoms with van der Waals surface area (Å²) in [5.74, 6) is 0.431. The zero-order valence-electron chi connectivity index (χ0n) is 15.6. The molecule has 9 heteroatoms. The van der Waals surface area contributed by atoms with Crippen LogP contribution in [0, 0.1) is 0 Å². The van der Waals surface area contributed by atoms with E-state index in [0.29, 0.717) is 45.4 Å². The van der Waals surface area contributed by atoms with Gasteiger partial charge in [-0.25, -0.2) is 4.99 Å². The Hall–Kier alpha value is -0.650. The maximum Gasteiger partial charge on any atom is 0.241 e. The summed E-state index contributed by atoms with van der Waals surface area (Å²) in [6.07, 6.45) is 0.901. The Bertz CT molecular complexity index is 401. The standard InChI is InChI=1S/C16H33N5O3.HI/c1-4-6-18-14(22)11-19-15(17-5-2)20-12-16(3,23)13-21-7-9-24-10-8-21;/h23H,4-13H2,1-3H3,(H,18,22)(H2,17,19,20);1H. The highest BCUT2D eigenvalue weighted by molar-refractivity contribution is 14.0. The summed E-state index contributed by atoms with van der Waals surface area (Å²) in [4.78, 5) is 18.1. The second kappa shape index (κ2) is 13.5. The highest BCUT2D eigenvalue weighted by atomic mass is 127. The Morgan fingerprint density at radius 2 is 1.92 bits per heavy atom. The van der Waals surface area contributed by atoms with Gasteiger partial charge in [-0.15, -0.1) is 24.0 Å². The molecule has 25 heavy (non-hydrogen) atoms. The normalized spacial score (nSPS) is 18.0. The molecule has 148 valence electrons. The Morgan fingerprint density at radius 1 is 1.24 bits per heavy atom. The van der Waals surface area contributed by atoms with Crippen LogP contribution in [0.5, 0.6) is 0 Å². The van der Waals surface area contributed by atoms with Gasteiger partial charge in [-0.05, 0) is 20.3 Å². The molecular formula is C16H34IN5O3. The number of amides is 1. The van der Waals surface area contributed by atoms with Crippen molar-refractivity contribution in [2.75, 3.05) is 59.0 Å². The van der Waals surface area contributed by atoms with Crippen molar-refractivity contribution in [2.45, 2.75) is 32.8 Å². The number of nitrogens with zero attached hydrogens (tertiary/aromatic N) is 2. The van der Waals surface area contributed by atoms with Crippen molar-refractivity contribution >= 4 is 35.8 Å². The summed E-state index contributed by atoms with van der Waals surface area (Å²) in [6.45, 7) is 11.2. The number of carbonyl (C=O) groups excluding carboxylic acids is 1. The van der Waals surface area contributed by atoms with Crippen LogP contribution in [-0.4, -0.2) is 86.5 Å². The SMILES string of the molecule is CCCNC(=O)CN=C(NCC)NCC(C)(O)CN1CCOCC1.I. The number of rotatable bonds is 9. The molecule has 0 aromatic carbocycles. The summed E-state index contributed by atoms with van der Waals surface area (Å²) in [5, 5.41) is 19.6. The molecule has 0 aromatic heterocycles. The van der Waals surface area contributed by atoms with Gasteiger partial charge in [0, 0.05) is 39.3 Å². The summed E-state index contributed by atoms with van der Waals surface area (Å²) in [7, 11) is 0. The largest absolute Gasteiger partial charge is 0.387 e. The second-order valence-corrected chi connectivity index (χ2v) is 6.28. The predicted octanol–water partition coefficient (Wildman–Crippen LogP) is -0.231. The summed E-state index contributed by atoms with van der Waals surface area (Å²) < 4.78 is 5.32. The van der Waals surface area contributed by atoms with E-state index in [1.165, 1.54) is 0 Å². The molecule has 1 rings (SSSR count). The molecule has 0 aliphatic carbocycles. The van der Waals surface area contributed by atoms with E-state index in [4.69, 9.17) is 4.74 Å². The van der Waals surface area contributed by atoms with Crippen LogP contribution < -0.4 is 16.0 Å². The van der Waals surface area contributed by atoms with E-state index in [9.17, 15) is 9.90 Å². The first-order valence-corrected chi connectivity index (χ1v) is 8.78. The first-order chi connectivity index (χ1) is 11.5. The number of carbonyl (C=O) groups is 1. The zero-order chi connectivity index (χ0) is 17.8. The number of aliphatic imine (C=N–C) groups is 1. The lowest BCUT2D eigenvalue weighted by molar-refractivity contribution is -0.119. The van der Waals surface area contributed by atoms with E-state index in [0.717, 1.165) is 19.5 Å². The quantitative estimate of drug-likeness (QED) is 0.211.